The quantitative estimate of drug-likeness (QED) is 0.560. The lowest BCUT2D eigenvalue weighted by molar-refractivity contribution is 0.103. The molecule has 0 spiro atoms. The van der Waals surface area contributed by atoms with Gasteiger partial charge in [-0.2, -0.15) is 0 Å². The average Bonchev–Trinajstić information content (AvgIpc) is 2.38. The van der Waals surface area contributed by atoms with Crippen LogP contribution in [0.5, 0.6) is 0 Å². The number of thioether (sulfide) groups is 1. The van der Waals surface area contributed by atoms with E-state index in [0.29, 0.717) is 21.2 Å². The van der Waals surface area contributed by atoms with Gasteiger partial charge in [-0.1, -0.05) is 30.1 Å². The summed E-state index contributed by atoms with van der Waals surface area (Å²) in [6.07, 6.45) is 0. The lowest BCUT2D eigenvalue weighted by atomic mass is 10.0. The Morgan fingerprint density at radius 1 is 1.00 bits per heavy atom. The maximum absolute atomic E-state index is 12.3. The summed E-state index contributed by atoms with van der Waals surface area (Å²) in [7, 11) is 0. The molecule has 0 fully saturated rings. The summed E-state index contributed by atoms with van der Waals surface area (Å²) >= 11 is 13.6. The fourth-order valence-corrected chi connectivity index (χ4v) is 2.91. The first-order chi connectivity index (χ1) is 9.10. The van der Waals surface area contributed by atoms with E-state index in [2.05, 4.69) is 6.92 Å². The summed E-state index contributed by atoms with van der Waals surface area (Å²) in [6, 6.07) is 12.4. The predicted molar refractivity (Wildman–Crippen MR) is 82.7 cm³/mol. The molecule has 0 radical (unpaired) electrons. The first-order valence-electron chi connectivity index (χ1n) is 5.84. The highest BCUT2D eigenvalue weighted by molar-refractivity contribution is 7.99. The fourth-order valence-electron chi connectivity index (χ4n) is 1.72. The van der Waals surface area contributed by atoms with Crippen LogP contribution in [0.3, 0.4) is 0 Å². The van der Waals surface area contributed by atoms with Crippen LogP contribution in [0.15, 0.2) is 47.4 Å². The predicted octanol–water partition coefficient (Wildman–Crippen LogP) is 5.34. The Balaban J connectivity index is 2.28. The van der Waals surface area contributed by atoms with E-state index in [0.717, 1.165) is 10.6 Å². The van der Waals surface area contributed by atoms with Gasteiger partial charge in [0.25, 0.3) is 0 Å². The van der Waals surface area contributed by atoms with Gasteiger partial charge in [-0.05, 0) is 48.2 Å². The standard InChI is InChI=1S/C15H12Cl2OS/c1-2-19-14-5-3-10(4-6-14)15(18)11-7-12(16)9-13(17)8-11/h3-9H,2H2,1H3. The van der Waals surface area contributed by atoms with Crippen molar-refractivity contribution in [1.82, 2.24) is 0 Å². The number of carbonyl (C=O) groups is 1. The Morgan fingerprint density at radius 3 is 2.11 bits per heavy atom. The third kappa shape index (κ3) is 3.75. The molecule has 0 amide bonds. The molecule has 0 aliphatic carbocycles. The van der Waals surface area contributed by atoms with Gasteiger partial charge >= 0.3 is 0 Å². The average molecular weight is 311 g/mol. The van der Waals surface area contributed by atoms with E-state index in [1.807, 2.05) is 24.3 Å². The van der Waals surface area contributed by atoms with E-state index in [1.165, 1.54) is 0 Å². The molecular weight excluding hydrogens is 299 g/mol. The zero-order valence-electron chi connectivity index (χ0n) is 10.3. The van der Waals surface area contributed by atoms with Gasteiger partial charge in [0.1, 0.15) is 0 Å². The molecule has 0 N–H and O–H groups in total. The van der Waals surface area contributed by atoms with Gasteiger partial charge in [0, 0.05) is 26.1 Å². The Kier molecular flexibility index (Phi) is 4.92. The van der Waals surface area contributed by atoms with Gasteiger partial charge in [-0.3, -0.25) is 4.79 Å². The first-order valence-corrected chi connectivity index (χ1v) is 7.58. The number of carbonyl (C=O) groups excluding carboxylic acids is 1. The van der Waals surface area contributed by atoms with E-state index in [9.17, 15) is 4.79 Å². The van der Waals surface area contributed by atoms with E-state index >= 15 is 0 Å². The topological polar surface area (TPSA) is 17.1 Å². The number of ketones is 1. The SMILES string of the molecule is CCSc1ccc(C(=O)c2cc(Cl)cc(Cl)c2)cc1. The smallest absolute Gasteiger partial charge is 0.193 e. The van der Waals surface area contributed by atoms with Crippen LogP contribution in [-0.2, 0) is 0 Å². The summed E-state index contributed by atoms with van der Waals surface area (Å²) in [5.74, 6) is 0.939. The molecule has 0 heterocycles. The normalized spacial score (nSPS) is 10.5. The molecule has 4 heteroatoms. The van der Waals surface area contributed by atoms with E-state index < -0.39 is 0 Å². The van der Waals surface area contributed by atoms with Crippen molar-refractivity contribution in [3.05, 3.63) is 63.6 Å². The lowest BCUT2D eigenvalue weighted by Crippen LogP contribution is -2.01. The van der Waals surface area contributed by atoms with Crippen LogP contribution in [-0.4, -0.2) is 11.5 Å². The van der Waals surface area contributed by atoms with Crippen molar-refractivity contribution in [1.29, 1.82) is 0 Å². The van der Waals surface area contributed by atoms with Crippen LogP contribution in [0.2, 0.25) is 10.0 Å². The molecule has 0 aliphatic rings. The van der Waals surface area contributed by atoms with Crippen LogP contribution >= 0.6 is 35.0 Å². The molecule has 0 atom stereocenters. The number of hydrogen-bond donors (Lipinski definition) is 0. The van der Waals surface area contributed by atoms with Gasteiger partial charge in [0.15, 0.2) is 5.78 Å². The molecule has 2 rings (SSSR count). The number of benzene rings is 2. The molecule has 0 saturated carbocycles. The van der Waals surface area contributed by atoms with Crippen molar-refractivity contribution in [2.45, 2.75) is 11.8 Å². The minimum absolute atomic E-state index is 0.0718. The maximum Gasteiger partial charge on any atom is 0.193 e. The molecule has 1 nitrogen and oxygen atoms in total. The van der Waals surface area contributed by atoms with Gasteiger partial charge in [0.2, 0.25) is 0 Å². The molecular formula is C15H12Cl2OS. The van der Waals surface area contributed by atoms with Gasteiger partial charge in [-0.25, -0.2) is 0 Å². The third-order valence-electron chi connectivity index (χ3n) is 2.55. The molecule has 0 aliphatic heterocycles. The molecule has 19 heavy (non-hydrogen) atoms. The maximum atomic E-state index is 12.3. The summed E-state index contributed by atoms with van der Waals surface area (Å²) < 4.78 is 0. The van der Waals surface area contributed by atoms with Crippen molar-refractivity contribution < 1.29 is 4.79 Å². The Hall–Kier alpha value is -0.960. The second-order valence-corrected chi connectivity index (χ2v) is 6.15. The van der Waals surface area contributed by atoms with E-state index in [4.69, 9.17) is 23.2 Å². The highest BCUT2D eigenvalue weighted by Gasteiger charge is 2.10. The molecule has 0 aromatic heterocycles. The monoisotopic (exact) mass is 310 g/mol. The van der Waals surface area contributed by atoms with Crippen LogP contribution < -0.4 is 0 Å². The minimum Gasteiger partial charge on any atom is -0.289 e. The Labute approximate surface area is 126 Å². The van der Waals surface area contributed by atoms with E-state index in [-0.39, 0.29) is 5.78 Å². The van der Waals surface area contributed by atoms with Crippen molar-refractivity contribution in [3.63, 3.8) is 0 Å². The molecule has 0 saturated heterocycles. The highest BCUT2D eigenvalue weighted by atomic mass is 35.5. The van der Waals surface area contributed by atoms with Crippen molar-refractivity contribution in [3.8, 4) is 0 Å². The van der Waals surface area contributed by atoms with Crippen molar-refractivity contribution >= 4 is 40.7 Å². The zero-order chi connectivity index (χ0) is 13.8. The first kappa shape index (κ1) is 14.4. The van der Waals surface area contributed by atoms with Crippen LogP contribution in [0.1, 0.15) is 22.8 Å². The second kappa shape index (κ2) is 6.47. The molecule has 98 valence electrons. The van der Waals surface area contributed by atoms with Crippen LogP contribution in [0, 0.1) is 0 Å². The van der Waals surface area contributed by atoms with Gasteiger partial charge in [-0.15, -0.1) is 11.8 Å². The summed E-state index contributed by atoms with van der Waals surface area (Å²) in [5, 5.41) is 0.933. The molecule has 0 bridgehead atoms. The van der Waals surface area contributed by atoms with Gasteiger partial charge < -0.3 is 0 Å². The number of halogens is 2. The van der Waals surface area contributed by atoms with Gasteiger partial charge in [0.05, 0.1) is 0 Å². The third-order valence-corrected chi connectivity index (χ3v) is 3.88. The Bertz CT molecular complexity index is 573. The minimum atomic E-state index is -0.0718. The summed E-state index contributed by atoms with van der Waals surface area (Å²) in [6.45, 7) is 2.09. The lowest BCUT2D eigenvalue weighted by Gasteiger charge is -2.04. The summed E-state index contributed by atoms with van der Waals surface area (Å²) in [5.41, 5.74) is 1.15. The van der Waals surface area contributed by atoms with Crippen LogP contribution in [0.4, 0.5) is 0 Å². The summed E-state index contributed by atoms with van der Waals surface area (Å²) in [4.78, 5) is 13.5. The Morgan fingerprint density at radius 2 is 1.58 bits per heavy atom. The molecule has 0 unspecified atom stereocenters. The zero-order valence-corrected chi connectivity index (χ0v) is 12.6. The number of hydrogen-bond acceptors (Lipinski definition) is 2. The van der Waals surface area contributed by atoms with Crippen LogP contribution in [0.25, 0.3) is 0 Å². The molecule has 2 aromatic rings. The van der Waals surface area contributed by atoms with Crippen molar-refractivity contribution in [2.24, 2.45) is 0 Å². The largest absolute Gasteiger partial charge is 0.289 e. The fraction of sp³-hybridized carbons (Fsp3) is 0.133. The highest BCUT2D eigenvalue weighted by Crippen LogP contribution is 2.23. The number of rotatable bonds is 4. The van der Waals surface area contributed by atoms with E-state index in [1.54, 1.807) is 30.0 Å². The second-order valence-electron chi connectivity index (χ2n) is 3.94. The van der Waals surface area contributed by atoms with Crippen molar-refractivity contribution in [2.75, 3.05) is 5.75 Å². The molecule has 2 aromatic carbocycles.